The van der Waals surface area contributed by atoms with Crippen molar-refractivity contribution in [3.8, 4) is 0 Å². The monoisotopic (exact) mass is 286 g/mol. The maximum absolute atomic E-state index is 12.2. The van der Waals surface area contributed by atoms with E-state index >= 15 is 0 Å². The van der Waals surface area contributed by atoms with Gasteiger partial charge < -0.3 is 10.2 Å². The first-order valence-corrected chi connectivity index (χ1v) is 6.74. The van der Waals surface area contributed by atoms with Crippen LogP contribution in [0.15, 0.2) is 18.2 Å². The van der Waals surface area contributed by atoms with Crippen molar-refractivity contribution in [3.05, 3.63) is 33.8 Å². The van der Waals surface area contributed by atoms with Gasteiger partial charge in [0, 0.05) is 29.7 Å². The molecule has 1 unspecified atom stereocenters. The first-order chi connectivity index (χ1) is 8.59. The van der Waals surface area contributed by atoms with Crippen LogP contribution in [-0.2, 0) is 11.2 Å². The first-order valence-electron chi connectivity index (χ1n) is 5.99. The summed E-state index contributed by atoms with van der Waals surface area (Å²) in [5, 5.41) is 4.35. The summed E-state index contributed by atoms with van der Waals surface area (Å²) >= 11 is 12.1. The number of carbonyl (C=O) groups is 1. The van der Waals surface area contributed by atoms with Gasteiger partial charge in [-0.05, 0) is 30.7 Å². The molecule has 1 atom stereocenters. The number of nitrogens with zero attached hydrogens (tertiary/aromatic N) is 1. The molecule has 1 aromatic carbocycles. The minimum Gasteiger partial charge on any atom is -0.341 e. The highest BCUT2D eigenvalue weighted by molar-refractivity contribution is 6.36. The van der Waals surface area contributed by atoms with Crippen molar-refractivity contribution in [2.75, 3.05) is 20.1 Å². The standard InChI is InChI=1S/C13H16Cl2N2O/c1-17(9-5-6-16-8-9)13(18)7-10-11(14)3-2-4-12(10)15/h2-4,9,16H,5-8H2,1H3. The summed E-state index contributed by atoms with van der Waals surface area (Å²) in [6, 6.07) is 5.57. The average Bonchev–Trinajstić information content (AvgIpc) is 2.86. The lowest BCUT2D eigenvalue weighted by Crippen LogP contribution is -2.39. The largest absolute Gasteiger partial charge is 0.341 e. The smallest absolute Gasteiger partial charge is 0.227 e. The quantitative estimate of drug-likeness (QED) is 0.925. The average molecular weight is 287 g/mol. The summed E-state index contributed by atoms with van der Waals surface area (Å²) in [5.74, 6) is 0.0544. The molecule has 1 aliphatic heterocycles. The van der Waals surface area contributed by atoms with Crippen molar-refractivity contribution in [2.45, 2.75) is 18.9 Å². The van der Waals surface area contributed by atoms with Crippen LogP contribution in [-0.4, -0.2) is 37.0 Å². The van der Waals surface area contributed by atoms with Gasteiger partial charge in [-0.3, -0.25) is 4.79 Å². The van der Waals surface area contributed by atoms with Gasteiger partial charge in [-0.15, -0.1) is 0 Å². The Morgan fingerprint density at radius 2 is 2.11 bits per heavy atom. The minimum atomic E-state index is 0.0544. The first kappa shape index (κ1) is 13.7. The Morgan fingerprint density at radius 1 is 1.44 bits per heavy atom. The summed E-state index contributed by atoms with van der Waals surface area (Å²) in [6.45, 7) is 1.83. The summed E-state index contributed by atoms with van der Waals surface area (Å²) in [5.41, 5.74) is 0.712. The predicted molar refractivity (Wildman–Crippen MR) is 74.2 cm³/mol. The Kier molecular flexibility index (Phi) is 4.49. The zero-order chi connectivity index (χ0) is 13.1. The van der Waals surface area contributed by atoms with Crippen LogP contribution in [0.1, 0.15) is 12.0 Å². The van der Waals surface area contributed by atoms with E-state index in [0.29, 0.717) is 15.6 Å². The molecule has 0 bridgehead atoms. The fourth-order valence-corrected chi connectivity index (χ4v) is 2.68. The number of halogens is 2. The number of rotatable bonds is 3. The van der Waals surface area contributed by atoms with E-state index in [9.17, 15) is 4.79 Å². The molecule has 1 amide bonds. The van der Waals surface area contributed by atoms with Gasteiger partial charge in [0.05, 0.1) is 6.42 Å². The number of benzene rings is 1. The Balaban J connectivity index is 2.06. The second kappa shape index (κ2) is 5.91. The lowest BCUT2D eigenvalue weighted by atomic mass is 10.1. The van der Waals surface area contributed by atoms with Crippen LogP contribution in [0.25, 0.3) is 0 Å². The van der Waals surface area contributed by atoms with E-state index in [1.807, 2.05) is 7.05 Å². The molecule has 5 heteroatoms. The van der Waals surface area contributed by atoms with Gasteiger partial charge in [0.25, 0.3) is 0 Å². The van der Waals surface area contributed by atoms with Crippen LogP contribution in [0.2, 0.25) is 10.0 Å². The number of hydrogen-bond donors (Lipinski definition) is 1. The molecule has 1 heterocycles. The number of carbonyl (C=O) groups excluding carboxylic acids is 1. The molecule has 0 spiro atoms. The second-order valence-corrected chi connectivity index (χ2v) is 5.34. The molecule has 98 valence electrons. The number of nitrogens with one attached hydrogen (secondary N) is 1. The van der Waals surface area contributed by atoms with Gasteiger partial charge in [0.2, 0.25) is 5.91 Å². The molecule has 1 N–H and O–H groups in total. The third-order valence-corrected chi connectivity index (χ3v) is 4.07. The van der Waals surface area contributed by atoms with E-state index in [1.165, 1.54) is 0 Å². The topological polar surface area (TPSA) is 32.3 Å². The highest BCUT2D eigenvalue weighted by Crippen LogP contribution is 2.25. The fraction of sp³-hybridized carbons (Fsp3) is 0.462. The van der Waals surface area contributed by atoms with Gasteiger partial charge in [-0.25, -0.2) is 0 Å². The molecule has 1 saturated heterocycles. The Hall–Kier alpha value is -0.770. The summed E-state index contributed by atoms with van der Waals surface area (Å²) in [6.07, 6.45) is 1.25. The molecule has 0 radical (unpaired) electrons. The van der Waals surface area contributed by atoms with Gasteiger partial charge >= 0.3 is 0 Å². The molecule has 0 saturated carbocycles. The van der Waals surface area contributed by atoms with E-state index in [1.54, 1.807) is 23.1 Å². The van der Waals surface area contributed by atoms with Crippen LogP contribution in [0.4, 0.5) is 0 Å². The molecular formula is C13H16Cl2N2O. The Bertz CT molecular complexity index is 424. The molecule has 18 heavy (non-hydrogen) atoms. The van der Waals surface area contributed by atoms with Gasteiger partial charge in [-0.2, -0.15) is 0 Å². The predicted octanol–water partition coefficient (Wildman–Crippen LogP) is 2.36. The maximum atomic E-state index is 12.2. The van der Waals surface area contributed by atoms with Crippen molar-refractivity contribution in [1.82, 2.24) is 10.2 Å². The van der Waals surface area contributed by atoms with E-state index < -0.39 is 0 Å². The number of likely N-dealkylation sites (N-methyl/N-ethyl adjacent to an activating group) is 1. The SMILES string of the molecule is CN(C(=O)Cc1c(Cl)cccc1Cl)C1CCNC1. The maximum Gasteiger partial charge on any atom is 0.227 e. The number of amides is 1. The summed E-state index contributed by atoms with van der Waals surface area (Å²) in [4.78, 5) is 14.0. The van der Waals surface area contributed by atoms with Crippen molar-refractivity contribution < 1.29 is 4.79 Å². The molecule has 1 aromatic rings. The van der Waals surface area contributed by atoms with Crippen LogP contribution in [0.3, 0.4) is 0 Å². The lowest BCUT2D eigenvalue weighted by molar-refractivity contribution is -0.130. The van der Waals surface area contributed by atoms with Gasteiger partial charge in [0.15, 0.2) is 0 Å². The van der Waals surface area contributed by atoms with E-state index in [-0.39, 0.29) is 18.4 Å². The third kappa shape index (κ3) is 2.97. The van der Waals surface area contributed by atoms with Crippen LogP contribution in [0.5, 0.6) is 0 Å². The Labute approximate surface area is 117 Å². The van der Waals surface area contributed by atoms with Crippen molar-refractivity contribution in [3.63, 3.8) is 0 Å². The highest BCUT2D eigenvalue weighted by Gasteiger charge is 2.24. The normalized spacial score (nSPS) is 18.9. The molecule has 3 nitrogen and oxygen atoms in total. The van der Waals surface area contributed by atoms with Gasteiger partial charge in [-0.1, -0.05) is 29.3 Å². The lowest BCUT2D eigenvalue weighted by Gasteiger charge is -2.24. The van der Waals surface area contributed by atoms with E-state index in [4.69, 9.17) is 23.2 Å². The second-order valence-electron chi connectivity index (χ2n) is 4.53. The van der Waals surface area contributed by atoms with E-state index in [0.717, 1.165) is 19.5 Å². The fourth-order valence-electron chi connectivity index (χ4n) is 2.15. The summed E-state index contributed by atoms with van der Waals surface area (Å²) < 4.78 is 0. The van der Waals surface area contributed by atoms with Crippen LogP contribution in [0, 0.1) is 0 Å². The van der Waals surface area contributed by atoms with Gasteiger partial charge in [0.1, 0.15) is 0 Å². The highest BCUT2D eigenvalue weighted by atomic mass is 35.5. The van der Waals surface area contributed by atoms with E-state index in [2.05, 4.69) is 5.32 Å². The van der Waals surface area contributed by atoms with Crippen LogP contribution >= 0.6 is 23.2 Å². The molecule has 0 aromatic heterocycles. The van der Waals surface area contributed by atoms with Crippen molar-refractivity contribution >= 4 is 29.1 Å². The third-order valence-electron chi connectivity index (χ3n) is 3.37. The molecule has 1 fully saturated rings. The van der Waals surface area contributed by atoms with Crippen molar-refractivity contribution in [1.29, 1.82) is 0 Å². The number of hydrogen-bond acceptors (Lipinski definition) is 2. The zero-order valence-corrected chi connectivity index (χ0v) is 11.8. The molecule has 2 rings (SSSR count). The molecule has 1 aliphatic rings. The summed E-state index contributed by atoms with van der Waals surface area (Å²) in [7, 11) is 1.84. The minimum absolute atomic E-state index is 0.0544. The molecule has 0 aliphatic carbocycles. The zero-order valence-electron chi connectivity index (χ0n) is 10.2. The van der Waals surface area contributed by atoms with Crippen molar-refractivity contribution in [2.24, 2.45) is 0 Å². The Morgan fingerprint density at radius 3 is 2.67 bits per heavy atom. The van der Waals surface area contributed by atoms with Crippen LogP contribution < -0.4 is 5.32 Å². The molecular weight excluding hydrogens is 271 g/mol.